The van der Waals surface area contributed by atoms with E-state index < -0.39 is 17.6 Å². The number of fused-ring (bicyclic) bond motifs is 1. The third-order valence-electron chi connectivity index (χ3n) is 7.13. The predicted octanol–water partition coefficient (Wildman–Crippen LogP) is 3.67. The first-order chi connectivity index (χ1) is 19.5. The minimum atomic E-state index is -4.59. The fourth-order valence-corrected chi connectivity index (χ4v) is 4.73. The largest absolute Gasteiger partial charge is 0.416 e. The topological polar surface area (TPSA) is 105 Å². The molecule has 0 bridgehead atoms. The van der Waals surface area contributed by atoms with Crippen molar-refractivity contribution < 1.29 is 18.0 Å². The fraction of sp³-hybridized carbons (Fsp3) is 0.310. The first-order valence-electron chi connectivity index (χ1n) is 13.0. The molecule has 3 N–H and O–H groups in total. The summed E-state index contributed by atoms with van der Waals surface area (Å²) in [5, 5.41) is 7.62. The number of likely N-dealkylation sites (N-methyl/N-ethyl adjacent to an activating group) is 1. The molecule has 1 amide bonds. The highest BCUT2D eigenvalue weighted by atomic mass is 19.4. The number of amides is 1. The number of hydrogen-bond donors (Lipinski definition) is 2. The number of anilines is 2. The summed E-state index contributed by atoms with van der Waals surface area (Å²) in [7, 11) is 3.72. The van der Waals surface area contributed by atoms with Gasteiger partial charge in [-0.3, -0.25) is 9.69 Å². The molecule has 1 aliphatic heterocycles. The van der Waals surface area contributed by atoms with Crippen molar-refractivity contribution in [2.45, 2.75) is 19.6 Å². The van der Waals surface area contributed by atoms with E-state index in [1.54, 1.807) is 29.9 Å². The summed E-state index contributed by atoms with van der Waals surface area (Å²) >= 11 is 0. The number of nitrogen functional groups attached to an aromatic ring is 1. The lowest BCUT2D eigenvalue weighted by Gasteiger charge is -2.33. The van der Waals surface area contributed by atoms with Gasteiger partial charge in [0, 0.05) is 56.6 Å². The molecule has 12 heteroatoms. The number of nitrogens with two attached hydrogens (primary N) is 1. The van der Waals surface area contributed by atoms with Crippen molar-refractivity contribution in [3.05, 3.63) is 76.2 Å². The second kappa shape index (κ2) is 11.2. The minimum Gasteiger partial charge on any atom is -0.383 e. The second-order valence-corrected chi connectivity index (χ2v) is 10.1. The van der Waals surface area contributed by atoms with Crippen LogP contribution < -0.4 is 11.1 Å². The van der Waals surface area contributed by atoms with Crippen LogP contribution in [0.4, 0.5) is 24.7 Å². The van der Waals surface area contributed by atoms with Gasteiger partial charge in [-0.15, -0.1) is 0 Å². The lowest BCUT2D eigenvalue weighted by Crippen LogP contribution is -2.44. The molecule has 0 radical (unpaired) electrons. The molecule has 0 atom stereocenters. The van der Waals surface area contributed by atoms with Crippen molar-refractivity contribution in [3.8, 4) is 11.8 Å². The van der Waals surface area contributed by atoms with Crippen LogP contribution in [0, 0.1) is 18.8 Å². The number of hydrogen-bond acceptors (Lipinski definition) is 7. The van der Waals surface area contributed by atoms with E-state index in [0.717, 1.165) is 24.7 Å². The lowest BCUT2D eigenvalue weighted by atomic mass is 10.0. The van der Waals surface area contributed by atoms with E-state index in [9.17, 15) is 18.0 Å². The number of aromatic nitrogens is 4. The highest BCUT2D eigenvalue weighted by molar-refractivity contribution is 6.04. The second-order valence-electron chi connectivity index (χ2n) is 10.1. The van der Waals surface area contributed by atoms with Gasteiger partial charge in [0.15, 0.2) is 5.65 Å². The molecule has 0 spiro atoms. The number of nitrogens with zero attached hydrogens (tertiary/aromatic N) is 6. The molecular weight excluding hydrogens is 533 g/mol. The lowest BCUT2D eigenvalue weighted by molar-refractivity contribution is -0.138. The van der Waals surface area contributed by atoms with Gasteiger partial charge in [-0.25, -0.2) is 14.6 Å². The van der Waals surface area contributed by atoms with Gasteiger partial charge in [-0.2, -0.15) is 18.3 Å². The van der Waals surface area contributed by atoms with Gasteiger partial charge in [0.1, 0.15) is 17.8 Å². The summed E-state index contributed by atoms with van der Waals surface area (Å²) in [4.78, 5) is 25.4. The van der Waals surface area contributed by atoms with Crippen LogP contribution in [0.1, 0.15) is 38.3 Å². The smallest absolute Gasteiger partial charge is 0.383 e. The van der Waals surface area contributed by atoms with Gasteiger partial charge in [0.05, 0.1) is 10.9 Å². The number of halogens is 3. The van der Waals surface area contributed by atoms with Crippen LogP contribution >= 0.6 is 0 Å². The maximum absolute atomic E-state index is 14.0. The van der Waals surface area contributed by atoms with E-state index in [1.807, 2.05) is 18.9 Å². The van der Waals surface area contributed by atoms with E-state index in [4.69, 9.17) is 5.73 Å². The molecule has 212 valence electrons. The predicted molar refractivity (Wildman–Crippen MR) is 150 cm³/mol. The molecule has 9 nitrogen and oxygen atoms in total. The van der Waals surface area contributed by atoms with Gasteiger partial charge in [-0.05, 0) is 55.3 Å². The summed E-state index contributed by atoms with van der Waals surface area (Å²) in [6, 6.07) is 8.87. The first-order valence-corrected chi connectivity index (χ1v) is 13.0. The number of carbonyl (C=O) groups is 1. The third-order valence-corrected chi connectivity index (χ3v) is 7.13. The normalized spacial score (nSPS) is 14.6. The Bertz CT molecular complexity index is 1680. The van der Waals surface area contributed by atoms with Crippen LogP contribution in [-0.2, 0) is 19.8 Å². The highest BCUT2D eigenvalue weighted by Gasteiger charge is 2.34. The first kappa shape index (κ1) is 28.1. The Morgan fingerprint density at radius 3 is 2.54 bits per heavy atom. The van der Waals surface area contributed by atoms with Crippen LogP contribution in [0.15, 0.2) is 42.7 Å². The van der Waals surface area contributed by atoms with E-state index in [-0.39, 0.29) is 23.5 Å². The van der Waals surface area contributed by atoms with Crippen LogP contribution in [0.25, 0.3) is 11.0 Å². The molecule has 2 aromatic heterocycles. The SMILES string of the molecule is Cc1ccc(NC(=O)c2ccc(CN3CCN(C)CC3)c(C(F)(F)F)c2)cc1C#Cc1nn(C)c2ncnc(N)c12. The van der Waals surface area contributed by atoms with Crippen LogP contribution in [0.2, 0.25) is 0 Å². The summed E-state index contributed by atoms with van der Waals surface area (Å²) < 4.78 is 43.5. The zero-order chi connectivity index (χ0) is 29.3. The molecule has 3 heterocycles. The molecule has 0 unspecified atom stereocenters. The van der Waals surface area contributed by atoms with E-state index >= 15 is 0 Å². The number of aryl methyl sites for hydroxylation is 2. The number of benzene rings is 2. The average molecular weight is 563 g/mol. The summed E-state index contributed by atoms with van der Waals surface area (Å²) in [6.45, 7) is 5.00. The summed E-state index contributed by atoms with van der Waals surface area (Å²) in [5.41, 5.74) is 8.08. The number of rotatable bonds is 4. The van der Waals surface area contributed by atoms with Crippen molar-refractivity contribution in [1.82, 2.24) is 29.5 Å². The van der Waals surface area contributed by atoms with Gasteiger partial charge < -0.3 is 16.0 Å². The molecule has 5 rings (SSSR count). The Kier molecular flexibility index (Phi) is 7.66. The summed E-state index contributed by atoms with van der Waals surface area (Å²) in [5.74, 6) is 5.66. The molecule has 0 saturated carbocycles. The molecule has 2 aromatic carbocycles. The van der Waals surface area contributed by atoms with Crippen molar-refractivity contribution in [1.29, 1.82) is 0 Å². The monoisotopic (exact) mass is 562 g/mol. The minimum absolute atomic E-state index is 0.0805. The number of carbonyl (C=O) groups excluding carboxylic acids is 1. The van der Waals surface area contributed by atoms with Crippen LogP contribution in [0.5, 0.6) is 0 Å². The maximum Gasteiger partial charge on any atom is 0.416 e. The Balaban J connectivity index is 1.37. The quantitative estimate of drug-likeness (QED) is 0.366. The maximum atomic E-state index is 14.0. The molecule has 41 heavy (non-hydrogen) atoms. The summed E-state index contributed by atoms with van der Waals surface area (Å²) in [6.07, 6.45) is -3.24. The Labute approximate surface area is 235 Å². The standard InChI is InChI=1S/C29H29F3N8O/c1-18-4-8-22(14-19(18)7-9-24-25-26(33)34-17-35-27(25)39(3)37-24)36-28(41)20-5-6-21(23(15-20)29(30,31)32)16-40-12-10-38(2)11-13-40/h4-6,8,14-15,17H,10-13,16H2,1-3H3,(H,36,41)(H2,33,34,35). The van der Waals surface area contributed by atoms with E-state index in [0.29, 0.717) is 41.1 Å². The zero-order valence-corrected chi connectivity index (χ0v) is 22.9. The van der Waals surface area contributed by atoms with Gasteiger partial charge in [-0.1, -0.05) is 18.1 Å². The number of piperazine rings is 1. The molecule has 4 aromatic rings. The molecule has 1 aliphatic rings. The van der Waals surface area contributed by atoms with Crippen LogP contribution in [0.3, 0.4) is 0 Å². The molecule has 1 fully saturated rings. The molecular formula is C29H29F3N8O. The van der Waals surface area contributed by atoms with Crippen molar-refractivity contribution in [2.75, 3.05) is 44.3 Å². The Morgan fingerprint density at radius 2 is 1.80 bits per heavy atom. The van der Waals surface area contributed by atoms with E-state index in [1.165, 1.54) is 18.5 Å². The third kappa shape index (κ3) is 6.16. The Morgan fingerprint density at radius 1 is 1.05 bits per heavy atom. The highest BCUT2D eigenvalue weighted by Crippen LogP contribution is 2.34. The van der Waals surface area contributed by atoms with Crippen molar-refractivity contribution in [3.63, 3.8) is 0 Å². The van der Waals surface area contributed by atoms with E-state index in [2.05, 4.69) is 37.1 Å². The fourth-order valence-electron chi connectivity index (χ4n) is 4.73. The van der Waals surface area contributed by atoms with Gasteiger partial charge in [0.25, 0.3) is 5.91 Å². The van der Waals surface area contributed by atoms with Gasteiger partial charge >= 0.3 is 6.18 Å². The zero-order valence-electron chi connectivity index (χ0n) is 22.9. The number of alkyl halides is 3. The van der Waals surface area contributed by atoms with Crippen molar-refractivity contribution >= 4 is 28.4 Å². The average Bonchev–Trinajstić information content (AvgIpc) is 3.26. The van der Waals surface area contributed by atoms with Crippen molar-refractivity contribution in [2.24, 2.45) is 7.05 Å². The molecule has 0 aliphatic carbocycles. The van der Waals surface area contributed by atoms with Gasteiger partial charge in [0.2, 0.25) is 0 Å². The number of nitrogens with one attached hydrogen (secondary N) is 1. The molecule has 1 saturated heterocycles. The van der Waals surface area contributed by atoms with Crippen LogP contribution in [-0.4, -0.2) is 68.7 Å². The Hall–Kier alpha value is -4.47.